The Morgan fingerprint density at radius 3 is 1.86 bits per heavy atom. The Kier molecular flexibility index (Phi) is 4.76. The van der Waals surface area contributed by atoms with Crippen LogP contribution in [-0.2, 0) is 9.59 Å². The molecule has 0 aliphatic carbocycles. The summed E-state index contributed by atoms with van der Waals surface area (Å²) in [4.78, 5) is 28.1. The molecule has 0 saturated carbocycles. The lowest BCUT2D eigenvalue weighted by atomic mass is 9.95. The highest BCUT2D eigenvalue weighted by Gasteiger charge is 2.23. The van der Waals surface area contributed by atoms with Crippen LogP contribution < -0.4 is 10.6 Å². The van der Waals surface area contributed by atoms with Gasteiger partial charge in [-0.3, -0.25) is 9.59 Å². The Morgan fingerprint density at radius 2 is 1.43 bits per heavy atom. The van der Waals surface area contributed by atoms with E-state index in [1.165, 1.54) is 0 Å². The minimum atomic E-state index is -0.477. The molecule has 2 N–H and O–H groups in total. The molecule has 0 atom stereocenters. The molecule has 5 nitrogen and oxygen atoms in total. The number of aryl methyl sites for hydroxylation is 1. The number of carbonyl (C=O) groups is 2. The van der Waals surface area contributed by atoms with Crippen LogP contribution in [0.15, 0.2) is 12.3 Å². The van der Waals surface area contributed by atoms with Crippen LogP contribution in [0, 0.1) is 17.8 Å². The lowest BCUT2D eigenvalue weighted by Crippen LogP contribution is -2.29. The summed E-state index contributed by atoms with van der Waals surface area (Å²) in [6.45, 7) is 12.9. The molecule has 1 aromatic rings. The zero-order valence-electron chi connectivity index (χ0n) is 13.9. The molecule has 116 valence electrons. The van der Waals surface area contributed by atoms with Crippen LogP contribution in [0.3, 0.4) is 0 Å². The smallest absolute Gasteiger partial charge is 0.230 e. The van der Waals surface area contributed by atoms with Gasteiger partial charge >= 0.3 is 0 Å². The van der Waals surface area contributed by atoms with Crippen LogP contribution in [0.5, 0.6) is 0 Å². The van der Waals surface area contributed by atoms with E-state index >= 15 is 0 Å². The fraction of sp³-hybridized carbons (Fsp3) is 0.562. The zero-order valence-corrected chi connectivity index (χ0v) is 13.9. The Balaban J connectivity index is 2.87. The molecule has 0 bridgehead atoms. The van der Waals surface area contributed by atoms with Crippen molar-refractivity contribution >= 4 is 23.3 Å². The lowest BCUT2D eigenvalue weighted by molar-refractivity contribution is -0.123. The monoisotopic (exact) mass is 291 g/mol. The van der Waals surface area contributed by atoms with Gasteiger partial charge in [0.15, 0.2) is 0 Å². The largest absolute Gasteiger partial charge is 0.324 e. The van der Waals surface area contributed by atoms with Gasteiger partial charge in [0.05, 0.1) is 11.9 Å². The van der Waals surface area contributed by atoms with E-state index in [4.69, 9.17) is 0 Å². The standard InChI is InChI=1S/C16H25N3O2/c1-10-8-12(19-14(21)16(5,6)7)17-9-11(10)18-13(20)15(2,3)4/h8-9H,1-7H3,(H,18,20)(H,17,19,21). The van der Waals surface area contributed by atoms with Crippen molar-refractivity contribution in [3.63, 3.8) is 0 Å². The molecule has 2 amide bonds. The van der Waals surface area contributed by atoms with Gasteiger partial charge in [0.25, 0.3) is 0 Å². The fourth-order valence-electron chi connectivity index (χ4n) is 1.37. The lowest BCUT2D eigenvalue weighted by Gasteiger charge is -2.20. The van der Waals surface area contributed by atoms with Crippen molar-refractivity contribution in [3.05, 3.63) is 17.8 Å². The van der Waals surface area contributed by atoms with Gasteiger partial charge in [0.2, 0.25) is 11.8 Å². The summed E-state index contributed by atoms with van der Waals surface area (Å²) in [6.07, 6.45) is 1.57. The molecule has 5 heteroatoms. The molecule has 1 rings (SSSR count). The second-order valence-corrected chi connectivity index (χ2v) is 7.29. The zero-order chi connectivity index (χ0) is 16.4. The van der Waals surface area contributed by atoms with Crippen LogP contribution in [-0.4, -0.2) is 16.8 Å². The van der Waals surface area contributed by atoms with Crippen molar-refractivity contribution in [1.82, 2.24) is 4.98 Å². The summed E-state index contributed by atoms with van der Waals surface area (Å²) in [7, 11) is 0. The Labute approximate surface area is 126 Å². The van der Waals surface area contributed by atoms with Crippen molar-refractivity contribution < 1.29 is 9.59 Å². The number of hydrogen-bond donors (Lipinski definition) is 2. The molecule has 0 spiro atoms. The van der Waals surface area contributed by atoms with Crippen molar-refractivity contribution in [2.75, 3.05) is 10.6 Å². The highest BCUT2D eigenvalue weighted by atomic mass is 16.2. The number of amides is 2. The van der Waals surface area contributed by atoms with Crippen LogP contribution in [0.4, 0.5) is 11.5 Å². The summed E-state index contributed by atoms with van der Waals surface area (Å²) >= 11 is 0. The van der Waals surface area contributed by atoms with E-state index in [0.29, 0.717) is 11.5 Å². The predicted molar refractivity (Wildman–Crippen MR) is 85.1 cm³/mol. The molecule has 0 fully saturated rings. The van der Waals surface area contributed by atoms with Crippen LogP contribution in [0.25, 0.3) is 0 Å². The van der Waals surface area contributed by atoms with Gasteiger partial charge in [-0.1, -0.05) is 41.5 Å². The Hall–Kier alpha value is -1.91. The summed E-state index contributed by atoms with van der Waals surface area (Å²) in [5.74, 6) is 0.320. The molecule has 0 aliphatic rings. The van der Waals surface area contributed by atoms with E-state index in [1.54, 1.807) is 12.3 Å². The van der Waals surface area contributed by atoms with E-state index in [0.717, 1.165) is 5.56 Å². The molecular formula is C16H25N3O2. The third-order valence-electron chi connectivity index (χ3n) is 2.96. The highest BCUT2D eigenvalue weighted by Crippen LogP contribution is 2.22. The van der Waals surface area contributed by atoms with Crippen molar-refractivity contribution in [2.24, 2.45) is 10.8 Å². The van der Waals surface area contributed by atoms with Gasteiger partial charge in [-0.15, -0.1) is 0 Å². The quantitative estimate of drug-likeness (QED) is 0.877. The van der Waals surface area contributed by atoms with Gasteiger partial charge in [-0.05, 0) is 18.6 Å². The second-order valence-electron chi connectivity index (χ2n) is 7.29. The van der Waals surface area contributed by atoms with E-state index in [2.05, 4.69) is 15.6 Å². The molecule has 1 heterocycles. The average Bonchev–Trinajstić information content (AvgIpc) is 2.30. The van der Waals surface area contributed by atoms with Crippen LogP contribution >= 0.6 is 0 Å². The number of nitrogens with one attached hydrogen (secondary N) is 2. The third kappa shape index (κ3) is 4.85. The van der Waals surface area contributed by atoms with Crippen LogP contribution in [0.1, 0.15) is 47.1 Å². The van der Waals surface area contributed by atoms with Gasteiger partial charge < -0.3 is 10.6 Å². The van der Waals surface area contributed by atoms with E-state index in [-0.39, 0.29) is 11.8 Å². The molecule has 0 unspecified atom stereocenters. The minimum Gasteiger partial charge on any atom is -0.324 e. The van der Waals surface area contributed by atoms with Gasteiger partial charge in [0.1, 0.15) is 5.82 Å². The molecule has 0 radical (unpaired) electrons. The van der Waals surface area contributed by atoms with Crippen LogP contribution in [0.2, 0.25) is 0 Å². The normalized spacial score (nSPS) is 12.0. The summed E-state index contributed by atoms with van der Waals surface area (Å²) in [6, 6.07) is 1.75. The molecule has 0 saturated heterocycles. The molecule has 1 aromatic heterocycles. The molecule has 0 aliphatic heterocycles. The first-order valence-corrected chi connectivity index (χ1v) is 7.01. The number of carbonyl (C=O) groups excluding carboxylic acids is 2. The predicted octanol–water partition coefficient (Wildman–Crippen LogP) is 3.36. The van der Waals surface area contributed by atoms with Crippen molar-refractivity contribution in [1.29, 1.82) is 0 Å². The Bertz CT molecular complexity index is 552. The van der Waals surface area contributed by atoms with Gasteiger partial charge in [0, 0.05) is 10.8 Å². The number of anilines is 2. The Morgan fingerprint density at radius 1 is 0.952 bits per heavy atom. The number of aromatic nitrogens is 1. The maximum absolute atomic E-state index is 12.0. The van der Waals surface area contributed by atoms with Crippen molar-refractivity contribution in [2.45, 2.75) is 48.5 Å². The number of pyridine rings is 1. The highest BCUT2D eigenvalue weighted by molar-refractivity contribution is 5.96. The molecule has 21 heavy (non-hydrogen) atoms. The van der Waals surface area contributed by atoms with Gasteiger partial charge in [-0.2, -0.15) is 0 Å². The maximum Gasteiger partial charge on any atom is 0.230 e. The fourth-order valence-corrected chi connectivity index (χ4v) is 1.37. The molecule has 0 aromatic carbocycles. The van der Waals surface area contributed by atoms with Gasteiger partial charge in [-0.25, -0.2) is 4.98 Å². The number of rotatable bonds is 2. The first kappa shape index (κ1) is 17.1. The second kappa shape index (κ2) is 5.84. The SMILES string of the molecule is Cc1cc(NC(=O)C(C)(C)C)ncc1NC(=O)C(C)(C)C. The van der Waals surface area contributed by atoms with E-state index < -0.39 is 10.8 Å². The number of hydrogen-bond acceptors (Lipinski definition) is 3. The number of nitrogens with zero attached hydrogens (tertiary/aromatic N) is 1. The van der Waals surface area contributed by atoms with E-state index in [9.17, 15) is 9.59 Å². The first-order valence-electron chi connectivity index (χ1n) is 7.01. The first-order chi connectivity index (χ1) is 9.41. The summed E-state index contributed by atoms with van der Waals surface area (Å²) < 4.78 is 0. The summed E-state index contributed by atoms with van der Waals surface area (Å²) in [5, 5.41) is 5.62. The third-order valence-corrected chi connectivity index (χ3v) is 2.96. The maximum atomic E-state index is 12.0. The topological polar surface area (TPSA) is 71.1 Å². The van der Waals surface area contributed by atoms with Crippen molar-refractivity contribution in [3.8, 4) is 0 Å². The average molecular weight is 291 g/mol. The molecular weight excluding hydrogens is 266 g/mol. The summed E-state index contributed by atoms with van der Waals surface area (Å²) in [5.41, 5.74) is 0.566. The van der Waals surface area contributed by atoms with E-state index in [1.807, 2.05) is 48.5 Å². The minimum absolute atomic E-state index is 0.0705.